The minimum Gasteiger partial charge on any atom is -0.487 e. The van der Waals surface area contributed by atoms with Crippen LogP contribution in [-0.2, 0) is 4.74 Å². The smallest absolute Gasteiger partial charge is 0.338 e. The van der Waals surface area contributed by atoms with E-state index < -0.39 is 0 Å². The standard InChI is InChI=1S/C16H21NO3/c1-2-10-19-15-9-8-12(11-14(15)17)16(18)20-13-6-4-3-5-7-13/h2,8-9,11,13H,1,3-7,10,17H2. The SMILES string of the molecule is C=CCOc1ccc(C(=O)OC2CCCCC2)cc1N. The highest BCUT2D eigenvalue weighted by Crippen LogP contribution is 2.25. The first-order valence-electron chi connectivity index (χ1n) is 7.05. The first-order chi connectivity index (χ1) is 9.70. The van der Waals surface area contributed by atoms with Crippen LogP contribution in [-0.4, -0.2) is 18.7 Å². The maximum Gasteiger partial charge on any atom is 0.338 e. The minimum atomic E-state index is -0.307. The Morgan fingerprint density at radius 1 is 1.35 bits per heavy atom. The summed E-state index contributed by atoms with van der Waals surface area (Å²) < 4.78 is 10.9. The van der Waals surface area contributed by atoms with Crippen molar-refractivity contribution in [2.45, 2.75) is 38.2 Å². The first-order valence-corrected chi connectivity index (χ1v) is 7.05. The average molecular weight is 275 g/mol. The number of esters is 1. The fraction of sp³-hybridized carbons (Fsp3) is 0.438. The number of nitrogens with two attached hydrogens (primary N) is 1. The molecule has 4 nitrogen and oxygen atoms in total. The van der Waals surface area contributed by atoms with Gasteiger partial charge in [0.2, 0.25) is 0 Å². The summed E-state index contributed by atoms with van der Waals surface area (Å²) in [6, 6.07) is 4.97. The van der Waals surface area contributed by atoms with Crippen LogP contribution in [0.5, 0.6) is 5.75 Å². The number of nitrogen functional groups attached to an aromatic ring is 1. The first kappa shape index (κ1) is 14.4. The van der Waals surface area contributed by atoms with Crippen molar-refractivity contribution in [2.24, 2.45) is 0 Å². The van der Waals surface area contributed by atoms with E-state index in [0.29, 0.717) is 23.6 Å². The van der Waals surface area contributed by atoms with Crippen molar-refractivity contribution < 1.29 is 14.3 Å². The highest BCUT2D eigenvalue weighted by atomic mass is 16.5. The van der Waals surface area contributed by atoms with Gasteiger partial charge < -0.3 is 15.2 Å². The van der Waals surface area contributed by atoms with E-state index in [-0.39, 0.29) is 12.1 Å². The molecule has 0 heterocycles. The Morgan fingerprint density at radius 2 is 2.10 bits per heavy atom. The quantitative estimate of drug-likeness (QED) is 0.508. The van der Waals surface area contributed by atoms with Crippen molar-refractivity contribution in [1.29, 1.82) is 0 Å². The summed E-state index contributed by atoms with van der Waals surface area (Å²) in [4.78, 5) is 12.1. The molecule has 1 aromatic rings. The largest absolute Gasteiger partial charge is 0.487 e. The van der Waals surface area contributed by atoms with E-state index >= 15 is 0 Å². The van der Waals surface area contributed by atoms with E-state index in [9.17, 15) is 4.79 Å². The monoisotopic (exact) mass is 275 g/mol. The minimum absolute atomic E-state index is 0.0502. The second kappa shape index (κ2) is 6.98. The van der Waals surface area contributed by atoms with Crippen molar-refractivity contribution in [3.8, 4) is 5.75 Å². The zero-order valence-electron chi connectivity index (χ0n) is 11.6. The van der Waals surface area contributed by atoms with Gasteiger partial charge in [0.1, 0.15) is 18.5 Å². The third-order valence-electron chi connectivity index (χ3n) is 3.43. The van der Waals surface area contributed by atoms with Crippen molar-refractivity contribution in [3.05, 3.63) is 36.4 Å². The molecule has 2 rings (SSSR count). The van der Waals surface area contributed by atoms with Gasteiger partial charge in [-0.15, -0.1) is 0 Å². The second-order valence-corrected chi connectivity index (χ2v) is 5.02. The van der Waals surface area contributed by atoms with Gasteiger partial charge in [0.25, 0.3) is 0 Å². The van der Waals surface area contributed by atoms with Crippen LogP contribution in [0.15, 0.2) is 30.9 Å². The maximum atomic E-state index is 12.1. The van der Waals surface area contributed by atoms with E-state index in [1.165, 1.54) is 6.42 Å². The van der Waals surface area contributed by atoms with Crippen LogP contribution in [0.1, 0.15) is 42.5 Å². The maximum absolute atomic E-state index is 12.1. The lowest BCUT2D eigenvalue weighted by molar-refractivity contribution is 0.0211. The highest BCUT2D eigenvalue weighted by molar-refractivity contribution is 5.91. The van der Waals surface area contributed by atoms with Crippen LogP contribution in [0.3, 0.4) is 0 Å². The van der Waals surface area contributed by atoms with Gasteiger partial charge in [-0.1, -0.05) is 19.1 Å². The molecule has 0 radical (unpaired) electrons. The Morgan fingerprint density at radius 3 is 2.75 bits per heavy atom. The van der Waals surface area contributed by atoms with E-state index in [1.54, 1.807) is 24.3 Å². The number of ether oxygens (including phenoxy) is 2. The Bertz CT molecular complexity index is 479. The number of anilines is 1. The Labute approximate surface area is 119 Å². The molecule has 0 aliphatic heterocycles. The zero-order valence-corrected chi connectivity index (χ0v) is 11.6. The van der Waals surface area contributed by atoms with Gasteiger partial charge in [-0.05, 0) is 43.9 Å². The number of carbonyl (C=O) groups excluding carboxylic acids is 1. The summed E-state index contributed by atoms with van der Waals surface area (Å²) >= 11 is 0. The van der Waals surface area contributed by atoms with Gasteiger partial charge in [-0.25, -0.2) is 4.79 Å². The molecule has 20 heavy (non-hydrogen) atoms. The van der Waals surface area contributed by atoms with Crippen LogP contribution in [0.2, 0.25) is 0 Å². The highest BCUT2D eigenvalue weighted by Gasteiger charge is 2.19. The lowest BCUT2D eigenvalue weighted by atomic mass is 9.98. The Balaban J connectivity index is 1.98. The van der Waals surface area contributed by atoms with Crippen LogP contribution in [0, 0.1) is 0 Å². The zero-order chi connectivity index (χ0) is 14.4. The molecule has 0 amide bonds. The number of benzene rings is 1. The molecule has 2 N–H and O–H groups in total. The van der Waals surface area contributed by atoms with Crippen molar-refractivity contribution in [3.63, 3.8) is 0 Å². The number of carbonyl (C=O) groups is 1. The Kier molecular flexibility index (Phi) is 5.04. The second-order valence-electron chi connectivity index (χ2n) is 5.02. The topological polar surface area (TPSA) is 61.5 Å². The molecule has 1 aliphatic carbocycles. The van der Waals surface area contributed by atoms with Crippen LogP contribution < -0.4 is 10.5 Å². The predicted molar refractivity (Wildman–Crippen MR) is 78.8 cm³/mol. The summed E-state index contributed by atoms with van der Waals surface area (Å²) in [5.74, 6) is 0.248. The lowest BCUT2D eigenvalue weighted by Crippen LogP contribution is -2.21. The van der Waals surface area contributed by atoms with Gasteiger partial charge in [0.15, 0.2) is 0 Å². The van der Waals surface area contributed by atoms with E-state index in [0.717, 1.165) is 25.7 Å². The fourth-order valence-corrected chi connectivity index (χ4v) is 2.36. The summed E-state index contributed by atoms with van der Waals surface area (Å²) in [5.41, 5.74) is 6.77. The van der Waals surface area contributed by atoms with Gasteiger partial charge >= 0.3 is 5.97 Å². The molecule has 0 bridgehead atoms. The Hall–Kier alpha value is -1.97. The number of rotatable bonds is 5. The summed E-state index contributed by atoms with van der Waals surface area (Å²) in [6.45, 7) is 3.96. The molecule has 0 aromatic heterocycles. The van der Waals surface area contributed by atoms with Gasteiger partial charge in [0.05, 0.1) is 11.3 Å². The van der Waals surface area contributed by atoms with Gasteiger partial charge in [-0.3, -0.25) is 0 Å². The molecule has 1 saturated carbocycles. The molecule has 1 fully saturated rings. The molecule has 108 valence electrons. The molecule has 0 atom stereocenters. The molecule has 4 heteroatoms. The fourth-order valence-electron chi connectivity index (χ4n) is 2.36. The average Bonchev–Trinajstić information content (AvgIpc) is 2.47. The molecular weight excluding hydrogens is 254 g/mol. The third kappa shape index (κ3) is 3.76. The third-order valence-corrected chi connectivity index (χ3v) is 3.43. The van der Waals surface area contributed by atoms with E-state index in [2.05, 4.69) is 6.58 Å². The van der Waals surface area contributed by atoms with E-state index in [1.807, 2.05) is 0 Å². The van der Waals surface area contributed by atoms with E-state index in [4.69, 9.17) is 15.2 Å². The molecule has 1 aromatic carbocycles. The van der Waals surface area contributed by atoms with Crippen molar-refractivity contribution in [2.75, 3.05) is 12.3 Å². The number of hydrogen-bond acceptors (Lipinski definition) is 4. The van der Waals surface area contributed by atoms with Crippen LogP contribution in [0.4, 0.5) is 5.69 Å². The molecule has 0 saturated heterocycles. The normalized spacial score (nSPS) is 15.6. The van der Waals surface area contributed by atoms with Crippen LogP contribution in [0.25, 0.3) is 0 Å². The molecule has 0 unspecified atom stereocenters. The summed E-state index contributed by atoms with van der Waals surface area (Å²) in [5, 5.41) is 0. The summed E-state index contributed by atoms with van der Waals surface area (Å²) in [7, 11) is 0. The summed E-state index contributed by atoms with van der Waals surface area (Å²) in [6.07, 6.45) is 7.11. The van der Waals surface area contributed by atoms with Gasteiger partial charge in [0, 0.05) is 0 Å². The molecule has 1 aliphatic rings. The van der Waals surface area contributed by atoms with Crippen molar-refractivity contribution in [1.82, 2.24) is 0 Å². The molecular formula is C16H21NO3. The van der Waals surface area contributed by atoms with Crippen LogP contribution >= 0.6 is 0 Å². The lowest BCUT2D eigenvalue weighted by Gasteiger charge is -2.21. The number of hydrogen-bond donors (Lipinski definition) is 1. The predicted octanol–water partition coefficient (Wildman–Crippen LogP) is 3.32. The van der Waals surface area contributed by atoms with Crippen molar-refractivity contribution >= 4 is 11.7 Å². The molecule has 0 spiro atoms. The van der Waals surface area contributed by atoms with Gasteiger partial charge in [-0.2, -0.15) is 0 Å².